The van der Waals surface area contributed by atoms with Gasteiger partial charge in [-0.2, -0.15) is 18.3 Å². The highest BCUT2D eigenvalue weighted by molar-refractivity contribution is 7.20. The van der Waals surface area contributed by atoms with Crippen LogP contribution >= 0.6 is 11.3 Å². The van der Waals surface area contributed by atoms with Crippen molar-refractivity contribution >= 4 is 44.7 Å². The summed E-state index contributed by atoms with van der Waals surface area (Å²) in [6.45, 7) is 1.77. The molecule has 0 aliphatic rings. The van der Waals surface area contributed by atoms with Gasteiger partial charge in [0.15, 0.2) is 0 Å². The van der Waals surface area contributed by atoms with Crippen LogP contribution in [0.5, 0.6) is 0 Å². The molecule has 0 saturated carbocycles. The van der Waals surface area contributed by atoms with E-state index in [0.717, 1.165) is 33.7 Å². The minimum Gasteiger partial charge on any atom is -0.322 e. The Bertz CT molecular complexity index is 1360. The maximum atomic E-state index is 13.8. The third-order valence-corrected chi connectivity index (χ3v) is 6.07. The van der Waals surface area contributed by atoms with E-state index >= 15 is 0 Å². The second kappa shape index (κ2) is 8.32. The first-order valence-electron chi connectivity index (χ1n) is 9.56. The van der Waals surface area contributed by atoms with Crippen molar-refractivity contribution in [3.63, 3.8) is 0 Å². The van der Waals surface area contributed by atoms with Crippen LogP contribution in [0.15, 0.2) is 48.5 Å². The highest BCUT2D eigenvalue weighted by Crippen LogP contribution is 2.37. The maximum Gasteiger partial charge on any atom is 0.418 e. The molecule has 0 saturated heterocycles. The summed E-state index contributed by atoms with van der Waals surface area (Å²) in [4.78, 5) is 25.9. The van der Waals surface area contributed by atoms with E-state index in [2.05, 4.69) is 15.7 Å². The highest BCUT2D eigenvalue weighted by atomic mass is 32.1. The number of nitrogens with zero attached hydrogens (tertiary/aromatic N) is 2. The number of halogens is 4. The first kappa shape index (κ1) is 22.5. The molecular weight excluding hydrogens is 460 g/mol. The zero-order chi connectivity index (χ0) is 23.9. The second-order valence-corrected chi connectivity index (χ2v) is 8.22. The summed E-state index contributed by atoms with van der Waals surface area (Å²) in [6, 6.07) is 9.61. The molecule has 33 heavy (non-hydrogen) atoms. The van der Waals surface area contributed by atoms with Gasteiger partial charge in [-0.05, 0) is 43.3 Å². The van der Waals surface area contributed by atoms with Crippen molar-refractivity contribution in [3.8, 4) is 0 Å². The molecule has 0 spiro atoms. The number of thiophene rings is 1. The monoisotopic (exact) mass is 476 g/mol. The lowest BCUT2D eigenvalue weighted by Crippen LogP contribution is -2.18. The van der Waals surface area contributed by atoms with Gasteiger partial charge in [0.25, 0.3) is 11.8 Å². The van der Waals surface area contributed by atoms with Crippen molar-refractivity contribution in [2.45, 2.75) is 13.1 Å². The fourth-order valence-electron chi connectivity index (χ4n) is 3.31. The molecule has 4 aromatic rings. The first-order chi connectivity index (χ1) is 15.5. The second-order valence-electron chi connectivity index (χ2n) is 7.18. The predicted octanol–water partition coefficient (Wildman–Crippen LogP) is 5.61. The van der Waals surface area contributed by atoms with Gasteiger partial charge in [-0.25, -0.2) is 4.39 Å². The molecule has 2 N–H and O–H groups in total. The highest BCUT2D eigenvalue weighted by Gasteiger charge is 2.34. The zero-order valence-electron chi connectivity index (χ0n) is 17.2. The minimum absolute atomic E-state index is 0.197. The molecule has 11 heteroatoms. The topological polar surface area (TPSA) is 76.0 Å². The number of aromatic nitrogens is 2. The summed E-state index contributed by atoms with van der Waals surface area (Å²) in [5, 5.41) is 9.52. The summed E-state index contributed by atoms with van der Waals surface area (Å²) in [7, 11) is 1.71. The van der Waals surface area contributed by atoms with E-state index in [1.807, 2.05) is 0 Å². The summed E-state index contributed by atoms with van der Waals surface area (Å²) in [5.74, 6) is -2.40. The molecule has 2 aromatic heterocycles. The number of benzene rings is 2. The van der Waals surface area contributed by atoms with Crippen LogP contribution in [0.4, 0.5) is 28.9 Å². The third kappa shape index (κ3) is 4.44. The summed E-state index contributed by atoms with van der Waals surface area (Å²) >= 11 is 1.11. The number of anilines is 2. The Morgan fingerprint density at radius 3 is 2.42 bits per heavy atom. The van der Waals surface area contributed by atoms with Crippen molar-refractivity contribution in [3.05, 3.63) is 76.0 Å². The molecule has 0 bridgehead atoms. The van der Waals surface area contributed by atoms with Crippen LogP contribution in [0.1, 0.15) is 31.3 Å². The smallest absolute Gasteiger partial charge is 0.322 e. The summed E-state index contributed by atoms with van der Waals surface area (Å²) < 4.78 is 56.5. The van der Waals surface area contributed by atoms with Crippen molar-refractivity contribution in [2.24, 2.45) is 7.05 Å². The van der Waals surface area contributed by atoms with E-state index < -0.39 is 35.1 Å². The van der Waals surface area contributed by atoms with Crippen LogP contribution in [0.2, 0.25) is 0 Å². The number of nitrogens with one attached hydrogen (secondary N) is 2. The van der Waals surface area contributed by atoms with E-state index in [-0.39, 0.29) is 16.1 Å². The molecule has 0 radical (unpaired) electrons. The molecule has 6 nitrogen and oxygen atoms in total. The lowest BCUT2D eigenvalue weighted by Gasteiger charge is -2.15. The zero-order valence-corrected chi connectivity index (χ0v) is 18.1. The molecule has 4 rings (SSSR count). The number of hydrogen-bond acceptors (Lipinski definition) is 4. The molecular formula is C22H16F4N4O2S. The Balaban J connectivity index is 1.61. The van der Waals surface area contributed by atoms with Gasteiger partial charge in [0.05, 0.1) is 27.4 Å². The SMILES string of the molecule is Cc1nn(C)c2sc(C(=O)Nc3ccc(NC(=O)c4ccccc4F)cc3C(F)(F)F)cc12. The minimum atomic E-state index is -4.82. The first-order valence-corrected chi connectivity index (χ1v) is 10.4. The average Bonchev–Trinajstić information content (AvgIpc) is 3.30. The predicted molar refractivity (Wildman–Crippen MR) is 117 cm³/mol. The van der Waals surface area contributed by atoms with Crippen LogP contribution in [-0.2, 0) is 13.2 Å². The summed E-state index contributed by atoms with van der Waals surface area (Å²) in [6.07, 6.45) is -4.82. The van der Waals surface area contributed by atoms with E-state index in [1.165, 1.54) is 24.3 Å². The van der Waals surface area contributed by atoms with Gasteiger partial charge >= 0.3 is 6.18 Å². The van der Waals surface area contributed by atoms with E-state index in [4.69, 9.17) is 0 Å². The van der Waals surface area contributed by atoms with Crippen LogP contribution in [0.3, 0.4) is 0 Å². The Morgan fingerprint density at radius 1 is 1.03 bits per heavy atom. The molecule has 0 aliphatic heterocycles. The van der Waals surface area contributed by atoms with Gasteiger partial charge in [0.1, 0.15) is 10.6 Å². The van der Waals surface area contributed by atoms with E-state index in [0.29, 0.717) is 11.8 Å². The van der Waals surface area contributed by atoms with Crippen molar-refractivity contribution in [1.29, 1.82) is 0 Å². The van der Waals surface area contributed by atoms with Crippen LogP contribution < -0.4 is 10.6 Å². The number of amides is 2. The Kier molecular flexibility index (Phi) is 5.66. The van der Waals surface area contributed by atoms with Gasteiger partial charge in [-0.15, -0.1) is 11.3 Å². The van der Waals surface area contributed by atoms with Crippen molar-refractivity contribution in [1.82, 2.24) is 9.78 Å². The van der Waals surface area contributed by atoms with E-state index in [1.54, 1.807) is 24.7 Å². The molecule has 2 heterocycles. The maximum absolute atomic E-state index is 13.8. The molecule has 2 amide bonds. The van der Waals surface area contributed by atoms with E-state index in [9.17, 15) is 27.2 Å². The number of hydrogen-bond donors (Lipinski definition) is 2. The number of fused-ring (bicyclic) bond motifs is 1. The van der Waals surface area contributed by atoms with Gasteiger partial charge in [0.2, 0.25) is 0 Å². The fourth-order valence-corrected chi connectivity index (χ4v) is 4.33. The number of carbonyl (C=O) groups is 2. The Morgan fingerprint density at radius 2 is 1.76 bits per heavy atom. The number of carbonyl (C=O) groups excluding carboxylic acids is 2. The third-order valence-electron chi connectivity index (χ3n) is 4.87. The number of alkyl halides is 3. The van der Waals surface area contributed by atoms with Gasteiger partial charge in [0, 0.05) is 18.1 Å². The number of aryl methyl sites for hydroxylation is 2. The normalized spacial score (nSPS) is 11.6. The lowest BCUT2D eigenvalue weighted by molar-refractivity contribution is -0.136. The molecule has 0 fully saturated rings. The van der Waals surface area contributed by atoms with Gasteiger partial charge in [-0.3, -0.25) is 14.3 Å². The average molecular weight is 476 g/mol. The van der Waals surface area contributed by atoms with Gasteiger partial charge in [-0.1, -0.05) is 12.1 Å². The molecule has 0 unspecified atom stereocenters. The van der Waals surface area contributed by atoms with Crippen LogP contribution in [-0.4, -0.2) is 21.6 Å². The fraction of sp³-hybridized carbons (Fsp3) is 0.136. The van der Waals surface area contributed by atoms with Crippen LogP contribution in [0, 0.1) is 12.7 Å². The molecule has 170 valence electrons. The van der Waals surface area contributed by atoms with Crippen LogP contribution in [0.25, 0.3) is 10.2 Å². The summed E-state index contributed by atoms with van der Waals surface area (Å²) in [5.41, 5.74) is -1.42. The lowest BCUT2D eigenvalue weighted by atomic mass is 10.1. The van der Waals surface area contributed by atoms with Crippen molar-refractivity contribution in [2.75, 3.05) is 10.6 Å². The quantitative estimate of drug-likeness (QED) is 0.376. The standard InChI is InChI=1S/C22H16F4N4O2S/c1-11-14-10-18(33-21(14)30(2)29-11)20(32)28-17-8-7-12(9-15(17)22(24,25)26)27-19(31)13-5-3-4-6-16(13)23/h3-10H,1-2H3,(H,27,31)(H,28,32). The Labute approximate surface area is 188 Å². The number of rotatable bonds is 4. The Hall–Kier alpha value is -3.73. The largest absolute Gasteiger partial charge is 0.418 e. The molecule has 0 aliphatic carbocycles. The van der Waals surface area contributed by atoms with Crippen molar-refractivity contribution < 1.29 is 27.2 Å². The molecule has 0 atom stereocenters. The van der Waals surface area contributed by atoms with Gasteiger partial charge < -0.3 is 10.6 Å². The molecule has 2 aromatic carbocycles.